The standard InChI is InChI=1S/C29H31N3O4/c1-35-25-10-7-11-26(36-2)27(25)28(33)30-22-12-13-24(23(18-22)29(34)31-15-5-6-16-31)32-17-14-20-8-3-4-9-21(20)19-32/h3-4,7-13,18H,5-6,14-17,19H2,1-2H3,(H,30,33). The molecule has 7 heteroatoms. The second kappa shape index (κ2) is 10.3. The molecule has 7 nitrogen and oxygen atoms in total. The third kappa shape index (κ3) is 4.61. The Morgan fingerprint density at radius 3 is 2.22 bits per heavy atom. The van der Waals surface area contributed by atoms with Crippen molar-refractivity contribution in [2.24, 2.45) is 0 Å². The van der Waals surface area contributed by atoms with E-state index in [2.05, 4.69) is 34.5 Å². The molecule has 0 unspecified atom stereocenters. The summed E-state index contributed by atoms with van der Waals surface area (Å²) in [5.74, 6) is 0.489. The predicted octanol–water partition coefficient (Wildman–Crippen LogP) is 4.75. The van der Waals surface area contributed by atoms with Crippen molar-refractivity contribution in [1.82, 2.24) is 4.90 Å². The lowest BCUT2D eigenvalue weighted by Gasteiger charge is -2.33. The number of hydrogen-bond donors (Lipinski definition) is 1. The minimum Gasteiger partial charge on any atom is -0.496 e. The largest absolute Gasteiger partial charge is 0.496 e. The van der Waals surface area contributed by atoms with Crippen LogP contribution in [-0.2, 0) is 13.0 Å². The van der Waals surface area contributed by atoms with Crippen molar-refractivity contribution in [3.05, 3.63) is 82.9 Å². The zero-order chi connectivity index (χ0) is 25.1. The zero-order valence-corrected chi connectivity index (χ0v) is 20.8. The fraction of sp³-hybridized carbons (Fsp3) is 0.310. The minimum absolute atomic E-state index is 0.00679. The van der Waals surface area contributed by atoms with E-state index >= 15 is 0 Å². The van der Waals surface area contributed by atoms with Gasteiger partial charge in [-0.25, -0.2) is 0 Å². The molecule has 186 valence electrons. The maximum Gasteiger partial charge on any atom is 0.263 e. The summed E-state index contributed by atoms with van der Waals surface area (Å²) in [6, 6.07) is 19.3. The molecule has 2 aliphatic rings. The Morgan fingerprint density at radius 2 is 1.53 bits per heavy atom. The van der Waals surface area contributed by atoms with Crippen LogP contribution in [0.4, 0.5) is 11.4 Å². The van der Waals surface area contributed by atoms with Crippen LogP contribution in [0.2, 0.25) is 0 Å². The number of benzene rings is 3. The molecule has 1 fully saturated rings. The molecule has 2 amide bonds. The summed E-state index contributed by atoms with van der Waals surface area (Å²) in [6.45, 7) is 3.11. The van der Waals surface area contributed by atoms with E-state index in [1.54, 1.807) is 24.3 Å². The molecule has 2 heterocycles. The number of likely N-dealkylation sites (tertiary alicyclic amines) is 1. The predicted molar refractivity (Wildman–Crippen MR) is 140 cm³/mol. The van der Waals surface area contributed by atoms with Crippen molar-refractivity contribution >= 4 is 23.2 Å². The molecule has 3 aromatic rings. The van der Waals surface area contributed by atoms with Gasteiger partial charge in [0, 0.05) is 37.6 Å². The van der Waals surface area contributed by atoms with Crippen molar-refractivity contribution in [3.8, 4) is 11.5 Å². The summed E-state index contributed by atoms with van der Waals surface area (Å²) in [5.41, 5.74) is 5.01. The first-order valence-electron chi connectivity index (χ1n) is 12.4. The van der Waals surface area contributed by atoms with Crippen LogP contribution >= 0.6 is 0 Å². The molecule has 0 aliphatic carbocycles. The van der Waals surface area contributed by atoms with Crippen LogP contribution in [0.1, 0.15) is 44.7 Å². The third-order valence-corrected chi connectivity index (χ3v) is 7.00. The number of ether oxygens (including phenoxy) is 2. The highest BCUT2D eigenvalue weighted by Crippen LogP contribution is 2.33. The van der Waals surface area contributed by atoms with Gasteiger partial charge < -0.3 is 24.6 Å². The Hall–Kier alpha value is -4.00. The van der Waals surface area contributed by atoms with Crippen molar-refractivity contribution in [3.63, 3.8) is 0 Å². The SMILES string of the molecule is COc1cccc(OC)c1C(=O)Nc1ccc(N2CCc3ccccc3C2)c(C(=O)N2CCCC2)c1. The third-order valence-electron chi connectivity index (χ3n) is 7.00. The second-order valence-corrected chi connectivity index (χ2v) is 9.16. The number of nitrogens with zero attached hydrogens (tertiary/aromatic N) is 2. The molecule has 36 heavy (non-hydrogen) atoms. The summed E-state index contributed by atoms with van der Waals surface area (Å²) in [7, 11) is 3.04. The number of fused-ring (bicyclic) bond motifs is 1. The highest BCUT2D eigenvalue weighted by Gasteiger charge is 2.27. The molecule has 0 saturated carbocycles. The van der Waals surface area contributed by atoms with E-state index in [0.717, 1.165) is 51.1 Å². The smallest absolute Gasteiger partial charge is 0.263 e. The summed E-state index contributed by atoms with van der Waals surface area (Å²) >= 11 is 0. The molecule has 1 N–H and O–H groups in total. The van der Waals surface area contributed by atoms with Crippen LogP contribution in [0.15, 0.2) is 60.7 Å². The van der Waals surface area contributed by atoms with E-state index in [9.17, 15) is 9.59 Å². The molecule has 0 bridgehead atoms. The highest BCUT2D eigenvalue weighted by atomic mass is 16.5. The van der Waals surface area contributed by atoms with E-state index in [-0.39, 0.29) is 11.8 Å². The Labute approximate surface area is 211 Å². The number of nitrogens with one attached hydrogen (secondary N) is 1. The fourth-order valence-electron chi connectivity index (χ4n) is 5.12. The lowest BCUT2D eigenvalue weighted by molar-refractivity contribution is 0.0793. The molecule has 0 radical (unpaired) electrons. The lowest BCUT2D eigenvalue weighted by Crippen LogP contribution is -2.34. The van der Waals surface area contributed by atoms with Gasteiger partial charge in [0.25, 0.3) is 11.8 Å². The van der Waals surface area contributed by atoms with Gasteiger partial charge in [-0.05, 0) is 60.7 Å². The first-order chi connectivity index (χ1) is 17.6. The Bertz CT molecular complexity index is 1260. The number of carbonyl (C=O) groups excluding carboxylic acids is 2. The van der Waals surface area contributed by atoms with E-state index in [1.807, 2.05) is 17.0 Å². The zero-order valence-electron chi connectivity index (χ0n) is 20.8. The quantitative estimate of drug-likeness (QED) is 0.545. The monoisotopic (exact) mass is 485 g/mol. The molecular formula is C29H31N3O4. The number of carbonyl (C=O) groups is 2. The van der Waals surface area contributed by atoms with E-state index in [4.69, 9.17) is 9.47 Å². The fourth-order valence-corrected chi connectivity index (χ4v) is 5.12. The number of hydrogen-bond acceptors (Lipinski definition) is 5. The maximum atomic E-state index is 13.6. The van der Waals surface area contributed by atoms with Gasteiger partial charge in [-0.1, -0.05) is 30.3 Å². The van der Waals surface area contributed by atoms with Gasteiger partial charge in [0.2, 0.25) is 0 Å². The topological polar surface area (TPSA) is 71.1 Å². The number of methoxy groups -OCH3 is 2. The minimum atomic E-state index is -0.358. The molecule has 0 spiro atoms. The van der Waals surface area contributed by atoms with Crippen LogP contribution in [0.5, 0.6) is 11.5 Å². The van der Waals surface area contributed by atoms with Gasteiger partial charge in [0.05, 0.1) is 19.8 Å². The number of amides is 2. The molecule has 0 aromatic heterocycles. The van der Waals surface area contributed by atoms with Crippen molar-refractivity contribution in [2.45, 2.75) is 25.8 Å². The van der Waals surface area contributed by atoms with Gasteiger partial charge in [0.1, 0.15) is 17.1 Å². The van der Waals surface area contributed by atoms with Gasteiger partial charge in [0.15, 0.2) is 0 Å². The number of rotatable bonds is 6. The van der Waals surface area contributed by atoms with Crippen LogP contribution < -0.4 is 19.7 Å². The van der Waals surface area contributed by atoms with Crippen LogP contribution in [0.3, 0.4) is 0 Å². The van der Waals surface area contributed by atoms with Crippen molar-refractivity contribution < 1.29 is 19.1 Å². The summed E-state index contributed by atoms with van der Waals surface area (Å²) in [4.78, 5) is 31.0. The van der Waals surface area contributed by atoms with Crippen LogP contribution in [-0.4, -0.2) is 50.6 Å². The lowest BCUT2D eigenvalue weighted by atomic mass is 9.98. The molecular weight excluding hydrogens is 454 g/mol. The Balaban J connectivity index is 1.48. The summed E-state index contributed by atoms with van der Waals surface area (Å²) in [5, 5.41) is 2.95. The summed E-state index contributed by atoms with van der Waals surface area (Å²) in [6.07, 6.45) is 2.96. The van der Waals surface area contributed by atoms with Crippen molar-refractivity contribution in [1.29, 1.82) is 0 Å². The molecule has 3 aromatic carbocycles. The average molecular weight is 486 g/mol. The highest BCUT2D eigenvalue weighted by molar-refractivity contribution is 6.09. The first-order valence-corrected chi connectivity index (χ1v) is 12.4. The summed E-state index contributed by atoms with van der Waals surface area (Å²) < 4.78 is 10.8. The first kappa shape index (κ1) is 23.7. The molecule has 1 saturated heterocycles. The van der Waals surface area contributed by atoms with Gasteiger partial charge in [-0.3, -0.25) is 9.59 Å². The second-order valence-electron chi connectivity index (χ2n) is 9.16. The van der Waals surface area contributed by atoms with Gasteiger partial charge in [-0.2, -0.15) is 0 Å². The maximum absolute atomic E-state index is 13.6. The van der Waals surface area contributed by atoms with Crippen LogP contribution in [0, 0.1) is 0 Å². The van der Waals surface area contributed by atoms with E-state index < -0.39 is 0 Å². The van der Waals surface area contributed by atoms with Crippen LogP contribution in [0.25, 0.3) is 0 Å². The number of anilines is 2. The Kier molecular flexibility index (Phi) is 6.80. The molecule has 2 aliphatic heterocycles. The normalized spacial score (nSPS) is 14.8. The average Bonchev–Trinajstić information content (AvgIpc) is 3.47. The van der Waals surface area contributed by atoms with Gasteiger partial charge in [-0.15, -0.1) is 0 Å². The molecule has 5 rings (SSSR count). The van der Waals surface area contributed by atoms with E-state index in [1.165, 1.54) is 25.3 Å². The van der Waals surface area contributed by atoms with Gasteiger partial charge >= 0.3 is 0 Å². The molecule has 0 atom stereocenters. The Morgan fingerprint density at radius 1 is 0.833 bits per heavy atom. The van der Waals surface area contributed by atoms with E-state index in [0.29, 0.717) is 28.3 Å². The van der Waals surface area contributed by atoms with Crippen molar-refractivity contribution in [2.75, 3.05) is 44.1 Å².